The van der Waals surface area contributed by atoms with Crippen LogP contribution in [0.4, 0.5) is 0 Å². The number of thioether (sulfide) groups is 1. The van der Waals surface area contributed by atoms with Crippen molar-refractivity contribution in [2.45, 2.75) is 31.2 Å². The standard InChI is InChI=1S/C15H19N3O2S/c1-3-7-13-14(15(19)20-2)16-17-18(13)10-11-21-12-8-5-4-6-9-12/h4-6,8-9H,3,7,10-11H2,1-2H3. The predicted molar refractivity (Wildman–Crippen MR) is 82.5 cm³/mol. The number of carbonyl (C=O) groups excluding carboxylic acids is 1. The molecule has 0 N–H and O–H groups in total. The monoisotopic (exact) mass is 305 g/mol. The smallest absolute Gasteiger partial charge is 0.360 e. The molecule has 5 nitrogen and oxygen atoms in total. The van der Waals surface area contributed by atoms with Gasteiger partial charge in [-0.15, -0.1) is 16.9 Å². The van der Waals surface area contributed by atoms with E-state index in [1.807, 2.05) is 22.9 Å². The number of hydrogen-bond donors (Lipinski definition) is 0. The Labute approximate surface area is 128 Å². The second-order valence-electron chi connectivity index (χ2n) is 4.51. The molecular weight excluding hydrogens is 286 g/mol. The van der Waals surface area contributed by atoms with Crippen molar-refractivity contribution in [1.29, 1.82) is 0 Å². The van der Waals surface area contributed by atoms with E-state index in [1.54, 1.807) is 11.8 Å². The molecule has 2 rings (SSSR count). The molecular formula is C15H19N3O2S. The van der Waals surface area contributed by atoms with Crippen molar-refractivity contribution >= 4 is 17.7 Å². The lowest BCUT2D eigenvalue weighted by atomic mass is 10.2. The van der Waals surface area contributed by atoms with Crippen LogP contribution in [0.1, 0.15) is 29.5 Å². The topological polar surface area (TPSA) is 57.0 Å². The zero-order valence-corrected chi connectivity index (χ0v) is 13.1. The first-order chi connectivity index (χ1) is 10.3. The molecule has 0 aliphatic carbocycles. The molecule has 112 valence electrons. The molecule has 21 heavy (non-hydrogen) atoms. The van der Waals surface area contributed by atoms with Crippen LogP contribution in [0.5, 0.6) is 0 Å². The number of esters is 1. The van der Waals surface area contributed by atoms with Gasteiger partial charge < -0.3 is 4.74 Å². The number of rotatable bonds is 7. The van der Waals surface area contributed by atoms with Gasteiger partial charge in [0, 0.05) is 10.6 Å². The van der Waals surface area contributed by atoms with Crippen molar-refractivity contribution in [3.05, 3.63) is 41.7 Å². The van der Waals surface area contributed by atoms with Gasteiger partial charge in [0.1, 0.15) is 0 Å². The lowest BCUT2D eigenvalue weighted by Crippen LogP contribution is -2.11. The number of nitrogens with zero attached hydrogens (tertiary/aromatic N) is 3. The second-order valence-corrected chi connectivity index (χ2v) is 5.68. The summed E-state index contributed by atoms with van der Waals surface area (Å²) in [6, 6.07) is 10.2. The molecule has 0 radical (unpaired) electrons. The Balaban J connectivity index is 2.02. The SMILES string of the molecule is CCCc1c(C(=O)OC)nnn1CCSc1ccccc1. The number of hydrogen-bond acceptors (Lipinski definition) is 5. The van der Waals surface area contributed by atoms with E-state index >= 15 is 0 Å². The molecule has 0 amide bonds. The van der Waals surface area contributed by atoms with Crippen LogP contribution in [0.2, 0.25) is 0 Å². The lowest BCUT2D eigenvalue weighted by molar-refractivity contribution is 0.0592. The Morgan fingerprint density at radius 3 is 2.76 bits per heavy atom. The van der Waals surface area contributed by atoms with Crippen LogP contribution in [-0.4, -0.2) is 33.8 Å². The normalized spacial score (nSPS) is 10.6. The molecule has 0 aliphatic rings. The molecule has 0 unspecified atom stereocenters. The number of aryl methyl sites for hydroxylation is 1. The molecule has 2 aromatic rings. The van der Waals surface area contributed by atoms with Gasteiger partial charge in [0.05, 0.1) is 19.3 Å². The second kappa shape index (κ2) is 7.83. The minimum atomic E-state index is -0.416. The zero-order valence-electron chi connectivity index (χ0n) is 12.3. The largest absolute Gasteiger partial charge is 0.464 e. The van der Waals surface area contributed by atoms with E-state index in [0.29, 0.717) is 5.69 Å². The number of methoxy groups -OCH3 is 1. The van der Waals surface area contributed by atoms with E-state index in [1.165, 1.54) is 12.0 Å². The Morgan fingerprint density at radius 2 is 2.10 bits per heavy atom. The maximum Gasteiger partial charge on any atom is 0.360 e. The van der Waals surface area contributed by atoms with E-state index in [9.17, 15) is 4.79 Å². The molecule has 0 bridgehead atoms. The van der Waals surface area contributed by atoms with Gasteiger partial charge in [0.25, 0.3) is 0 Å². The lowest BCUT2D eigenvalue weighted by Gasteiger charge is -2.06. The van der Waals surface area contributed by atoms with Crippen LogP contribution in [0.15, 0.2) is 35.2 Å². The third-order valence-corrected chi connectivity index (χ3v) is 4.01. The van der Waals surface area contributed by atoms with Gasteiger partial charge >= 0.3 is 5.97 Å². The third kappa shape index (κ3) is 4.07. The zero-order chi connectivity index (χ0) is 15.1. The molecule has 0 atom stereocenters. The fraction of sp³-hybridized carbons (Fsp3) is 0.400. The highest BCUT2D eigenvalue weighted by Gasteiger charge is 2.19. The van der Waals surface area contributed by atoms with E-state index in [2.05, 4.69) is 29.4 Å². The van der Waals surface area contributed by atoms with Crippen LogP contribution in [0, 0.1) is 0 Å². The number of aromatic nitrogens is 3. The van der Waals surface area contributed by atoms with E-state index in [0.717, 1.165) is 30.8 Å². The van der Waals surface area contributed by atoms with Crippen molar-refractivity contribution in [2.75, 3.05) is 12.9 Å². The van der Waals surface area contributed by atoms with Gasteiger partial charge in [-0.2, -0.15) is 0 Å². The molecule has 0 aliphatic heterocycles. The van der Waals surface area contributed by atoms with Crippen LogP contribution < -0.4 is 0 Å². The maximum atomic E-state index is 11.7. The maximum absolute atomic E-state index is 11.7. The molecule has 1 heterocycles. The Bertz CT molecular complexity index is 584. The first kappa shape index (κ1) is 15.6. The fourth-order valence-corrected chi connectivity index (χ4v) is 2.87. The minimum Gasteiger partial charge on any atom is -0.464 e. The van der Waals surface area contributed by atoms with Gasteiger partial charge in [-0.05, 0) is 18.6 Å². The Morgan fingerprint density at radius 1 is 1.33 bits per heavy atom. The average molecular weight is 305 g/mol. The molecule has 0 saturated heterocycles. The first-order valence-corrected chi connectivity index (χ1v) is 7.93. The summed E-state index contributed by atoms with van der Waals surface area (Å²) < 4.78 is 6.56. The van der Waals surface area contributed by atoms with Gasteiger partial charge in [0.15, 0.2) is 5.69 Å². The Hall–Kier alpha value is -1.82. The molecule has 0 saturated carbocycles. The van der Waals surface area contributed by atoms with E-state index < -0.39 is 5.97 Å². The summed E-state index contributed by atoms with van der Waals surface area (Å²) >= 11 is 1.76. The van der Waals surface area contributed by atoms with Crippen LogP contribution in [0.3, 0.4) is 0 Å². The van der Waals surface area contributed by atoms with Crippen molar-refractivity contribution < 1.29 is 9.53 Å². The van der Waals surface area contributed by atoms with E-state index in [4.69, 9.17) is 4.74 Å². The number of benzene rings is 1. The first-order valence-electron chi connectivity index (χ1n) is 6.94. The van der Waals surface area contributed by atoms with Crippen molar-refractivity contribution in [2.24, 2.45) is 0 Å². The summed E-state index contributed by atoms with van der Waals surface area (Å²) in [6.07, 6.45) is 1.70. The fourth-order valence-electron chi connectivity index (χ4n) is 2.02. The summed E-state index contributed by atoms with van der Waals surface area (Å²) in [7, 11) is 1.36. The summed E-state index contributed by atoms with van der Waals surface area (Å²) in [6.45, 7) is 2.79. The van der Waals surface area contributed by atoms with Crippen LogP contribution >= 0.6 is 11.8 Å². The van der Waals surface area contributed by atoms with E-state index in [-0.39, 0.29) is 0 Å². The molecule has 1 aromatic heterocycles. The Kier molecular flexibility index (Phi) is 5.80. The van der Waals surface area contributed by atoms with Gasteiger partial charge in [0.2, 0.25) is 0 Å². The molecule has 0 spiro atoms. The number of ether oxygens (including phenoxy) is 1. The highest BCUT2D eigenvalue weighted by atomic mass is 32.2. The summed E-state index contributed by atoms with van der Waals surface area (Å²) in [5.74, 6) is 0.463. The van der Waals surface area contributed by atoms with Crippen molar-refractivity contribution in [3.8, 4) is 0 Å². The van der Waals surface area contributed by atoms with Crippen molar-refractivity contribution in [3.63, 3.8) is 0 Å². The summed E-state index contributed by atoms with van der Waals surface area (Å²) in [4.78, 5) is 12.9. The predicted octanol–water partition coefficient (Wildman–Crippen LogP) is 2.81. The third-order valence-electron chi connectivity index (χ3n) is 3.02. The quantitative estimate of drug-likeness (QED) is 0.581. The summed E-state index contributed by atoms with van der Waals surface area (Å²) in [5.41, 5.74) is 1.20. The highest BCUT2D eigenvalue weighted by molar-refractivity contribution is 7.99. The van der Waals surface area contributed by atoms with Gasteiger partial charge in [-0.1, -0.05) is 36.8 Å². The minimum absolute atomic E-state index is 0.337. The average Bonchev–Trinajstić information content (AvgIpc) is 2.91. The van der Waals surface area contributed by atoms with Gasteiger partial charge in [-0.3, -0.25) is 0 Å². The van der Waals surface area contributed by atoms with Crippen LogP contribution in [-0.2, 0) is 17.7 Å². The van der Waals surface area contributed by atoms with Gasteiger partial charge in [-0.25, -0.2) is 9.48 Å². The van der Waals surface area contributed by atoms with Crippen molar-refractivity contribution in [1.82, 2.24) is 15.0 Å². The van der Waals surface area contributed by atoms with Crippen LogP contribution in [0.25, 0.3) is 0 Å². The number of carbonyl (C=O) groups is 1. The molecule has 0 fully saturated rings. The summed E-state index contributed by atoms with van der Waals surface area (Å²) in [5, 5.41) is 8.05. The molecule has 1 aromatic carbocycles. The molecule has 6 heteroatoms. The highest BCUT2D eigenvalue weighted by Crippen LogP contribution is 2.18.